The highest BCUT2D eigenvalue weighted by Crippen LogP contribution is 2.12. The van der Waals surface area contributed by atoms with Gasteiger partial charge in [0, 0.05) is 11.9 Å². The number of rotatable bonds is 4. The third-order valence-electron chi connectivity index (χ3n) is 2.11. The topological polar surface area (TPSA) is 38.3 Å². The van der Waals surface area contributed by atoms with Crippen molar-refractivity contribution in [1.29, 1.82) is 0 Å². The van der Waals surface area contributed by atoms with Crippen LogP contribution in [0.2, 0.25) is 0 Å². The molecule has 0 unspecified atom stereocenters. The maximum atomic E-state index is 10.8. The number of carbonyl (C=O) groups excluding carboxylic acids is 1. The van der Waals surface area contributed by atoms with Gasteiger partial charge in [0.05, 0.1) is 7.11 Å². The van der Waals surface area contributed by atoms with E-state index in [1.807, 2.05) is 12.1 Å². The smallest absolute Gasteiger partial charge is 0.406 e. The second-order valence-electron chi connectivity index (χ2n) is 3.07. The quantitative estimate of drug-likeness (QED) is 0.855. The summed E-state index contributed by atoms with van der Waals surface area (Å²) in [5.41, 5.74) is 2.50. The van der Waals surface area contributed by atoms with Crippen molar-refractivity contribution in [2.75, 3.05) is 13.7 Å². The van der Waals surface area contributed by atoms with E-state index >= 15 is 0 Å². The van der Waals surface area contributed by atoms with Crippen LogP contribution in [0.25, 0.3) is 0 Å². The zero-order valence-corrected chi connectivity index (χ0v) is 10.2. The highest BCUT2D eigenvalue weighted by molar-refractivity contribution is 9.08. The van der Waals surface area contributed by atoms with Crippen molar-refractivity contribution in [3.63, 3.8) is 0 Å². The van der Waals surface area contributed by atoms with Crippen LogP contribution in [-0.4, -0.2) is 19.7 Å². The number of alkyl halides is 1. The second-order valence-corrected chi connectivity index (χ2v) is 3.63. The Balaban J connectivity index is 2.46. The summed E-state index contributed by atoms with van der Waals surface area (Å²) in [5, 5.41) is 3.49. The van der Waals surface area contributed by atoms with Crippen LogP contribution in [0.3, 0.4) is 0 Å². The third kappa shape index (κ3) is 3.91. The molecule has 0 spiro atoms. The molecule has 1 aromatic carbocycles. The van der Waals surface area contributed by atoms with E-state index in [2.05, 4.69) is 38.1 Å². The Morgan fingerprint density at radius 2 is 2.07 bits per heavy atom. The largest absolute Gasteiger partial charge is 0.453 e. The van der Waals surface area contributed by atoms with E-state index in [1.165, 1.54) is 18.2 Å². The predicted octanol–water partition coefficient (Wildman–Crippen LogP) is 2.48. The fourth-order valence-corrected chi connectivity index (χ4v) is 1.85. The summed E-state index contributed by atoms with van der Waals surface area (Å²) in [4.78, 5) is 10.8. The predicted molar refractivity (Wildman–Crippen MR) is 63.2 cm³/mol. The zero-order valence-electron chi connectivity index (χ0n) is 8.63. The minimum atomic E-state index is -0.383. The summed E-state index contributed by atoms with van der Waals surface area (Å²) in [6, 6.07) is 8.14. The van der Waals surface area contributed by atoms with Crippen molar-refractivity contribution in [3.05, 3.63) is 35.4 Å². The monoisotopic (exact) mass is 271 g/mol. The molecular weight excluding hydrogens is 258 g/mol. The summed E-state index contributed by atoms with van der Waals surface area (Å²) in [6.45, 7) is 0.594. The second kappa shape index (κ2) is 6.45. The fraction of sp³-hybridized carbons (Fsp3) is 0.364. The van der Waals surface area contributed by atoms with E-state index < -0.39 is 0 Å². The van der Waals surface area contributed by atoms with Gasteiger partial charge in [0.25, 0.3) is 0 Å². The van der Waals surface area contributed by atoms with E-state index in [4.69, 9.17) is 0 Å². The molecule has 0 aliphatic rings. The number of benzene rings is 1. The van der Waals surface area contributed by atoms with Gasteiger partial charge in [-0.05, 0) is 17.5 Å². The van der Waals surface area contributed by atoms with Gasteiger partial charge >= 0.3 is 6.09 Å². The van der Waals surface area contributed by atoms with E-state index in [0.717, 1.165) is 11.8 Å². The molecule has 0 heterocycles. The van der Waals surface area contributed by atoms with E-state index in [-0.39, 0.29) is 6.09 Å². The highest BCUT2D eigenvalue weighted by atomic mass is 79.9. The Bertz CT molecular complexity index is 328. The number of nitrogens with one attached hydrogen (secondary N) is 1. The molecule has 0 saturated heterocycles. The van der Waals surface area contributed by atoms with Gasteiger partial charge in [-0.3, -0.25) is 0 Å². The van der Waals surface area contributed by atoms with Crippen LogP contribution in [-0.2, 0) is 16.5 Å². The number of halogens is 1. The maximum Gasteiger partial charge on any atom is 0.406 e. The van der Waals surface area contributed by atoms with Crippen molar-refractivity contribution < 1.29 is 9.53 Å². The van der Waals surface area contributed by atoms with Crippen molar-refractivity contribution in [2.45, 2.75) is 11.8 Å². The summed E-state index contributed by atoms with van der Waals surface area (Å²) in [5.74, 6) is 0. The van der Waals surface area contributed by atoms with Crippen molar-refractivity contribution in [3.8, 4) is 0 Å². The van der Waals surface area contributed by atoms with Crippen LogP contribution in [0.5, 0.6) is 0 Å². The first-order valence-electron chi connectivity index (χ1n) is 4.72. The molecule has 4 heteroatoms. The zero-order chi connectivity index (χ0) is 11.1. The molecule has 1 amide bonds. The molecular formula is C11H14BrNO2. The molecule has 15 heavy (non-hydrogen) atoms. The lowest BCUT2D eigenvalue weighted by Crippen LogP contribution is -2.25. The number of hydrogen-bond acceptors (Lipinski definition) is 2. The van der Waals surface area contributed by atoms with E-state index in [0.29, 0.717) is 6.54 Å². The standard InChI is InChI=1S/C11H14BrNO2/c1-15-11(14)13-7-6-9-4-2-3-5-10(9)8-12/h2-5H,6-8H2,1H3,(H,13,14). The number of alkyl carbamates (subject to hydrolysis) is 1. The van der Waals surface area contributed by atoms with Crippen molar-refractivity contribution in [2.24, 2.45) is 0 Å². The van der Waals surface area contributed by atoms with Gasteiger partial charge < -0.3 is 10.1 Å². The lowest BCUT2D eigenvalue weighted by atomic mass is 10.1. The SMILES string of the molecule is COC(=O)NCCc1ccccc1CBr. The van der Waals surface area contributed by atoms with Crippen LogP contribution in [0.1, 0.15) is 11.1 Å². The average Bonchev–Trinajstić information content (AvgIpc) is 2.29. The number of amides is 1. The van der Waals surface area contributed by atoms with Gasteiger partial charge in [0.15, 0.2) is 0 Å². The van der Waals surface area contributed by atoms with Crippen LogP contribution < -0.4 is 5.32 Å². The molecule has 1 aromatic rings. The molecule has 0 aromatic heterocycles. The molecule has 82 valence electrons. The van der Waals surface area contributed by atoms with Gasteiger partial charge in [-0.1, -0.05) is 40.2 Å². The minimum absolute atomic E-state index is 0.383. The number of carbonyl (C=O) groups is 1. The number of hydrogen-bond donors (Lipinski definition) is 1. The minimum Gasteiger partial charge on any atom is -0.453 e. The summed E-state index contributed by atoms with van der Waals surface area (Å²) >= 11 is 3.43. The summed E-state index contributed by atoms with van der Waals surface area (Å²) in [7, 11) is 1.36. The highest BCUT2D eigenvalue weighted by Gasteiger charge is 2.01. The number of ether oxygens (including phenoxy) is 1. The van der Waals surface area contributed by atoms with Crippen molar-refractivity contribution in [1.82, 2.24) is 5.32 Å². The Morgan fingerprint density at radius 1 is 1.40 bits per heavy atom. The lowest BCUT2D eigenvalue weighted by Gasteiger charge is -2.07. The summed E-state index contributed by atoms with van der Waals surface area (Å²) in [6.07, 6.45) is 0.433. The van der Waals surface area contributed by atoms with Crippen LogP contribution >= 0.6 is 15.9 Å². The molecule has 0 fully saturated rings. The molecule has 0 radical (unpaired) electrons. The first-order valence-corrected chi connectivity index (χ1v) is 5.84. The number of methoxy groups -OCH3 is 1. The van der Waals surface area contributed by atoms with Gasteiger partial charge in [0.1, 0.15) is 0 Å². The Hall–Kier alpha value is -1.03. The molecule has 0 aliphatic heterocycles. The molecule has 3 nitrogen and oxygen atoms in total. The van der Waals surface area contributed by atoms with Crippen LogP contribution in [0.4, 0.5) is 4.79 Å². The normalized spacial score (nSPS) is 9.73. The van der Waals surface area contributed by atoms with E-state index in [9.17, 15) is 4.79 Å². The first-order chi connectivity index (χ1) is 7.27. The van der Waals surface area contributed by atoms with Gasteiger partial charge in [-0.15, -0.1) is 0 Å². The maximum absolute atomic E-state index is 10.8. The lowest BCUT2D eigenvalue weighted by molar-refractivity contribution is 0.171. The molecule has 0 aliphatic carbocycles. The summed E-state index contributed by atoms with van der Waals surface area (Å²) < 4.78 is 4.49. The third-order valence-corrected chi connectivity index (χ3v) is 2.72. The molecule has 0 saturated carbocycles. The van der Waals surface area contributed by atoms with Gasteiger partial charge in [-0.25, -0.2) is 4.79 Å². The van der Waals surface area contributed by atoms with Crippen LogP contribution in [0, 0.1) is 0 Å². The fourth-order valence-electron chi connectivity index (χ4n) is 1.30. The first kappa shape index (κ1) is 12.0. The molecule has 0 bridgehead atoms. The Morgan fingerprint density at radius 3 is 2.67 bits per heavy atom. The molecule has 0 atom stereocenters. The molecule has 1 rings (SSSR count). The van der Waals surface area contributed by atoms with E-state index in [1.54, 1.807) is 0 Å². The van der Waals surface area contributed by atoms with Gasteiger partial charge in [0.2, 0.25) is 0 Å². The van der Waals surface area contributed by atoms with Crippen LogP contribution in [0.15, 0.2) is 24.3 Å². The average molecular weight is 272 g/mol. The van der Waals surface area contributed by atoms with Gasteiger partial charge in [-0.2, -0.15) is 0 Å². The Kier molecular flexibility index (Phi) is 5.18. The Labute approximate surface area is 97.9 Å². The van der Waals surface area contributed by atoms with Crippen molar-refractivity contribution >= 4 is 22.0 Å². The molecule has 1 N–H and O–H groups in total.